The second-order valence-corrected chi connectivity index (χ2v) is 23.2. The maximum Gasteiger partial charge on any atom is 0.248 e. The second-order valence-electron chi connectivity index (χ2n) is 12.7. The lowest BCUT2D eigenvalue weighted by Gasteiger charge is -2.45. The maximum absolute atomic E-state index is 13.4. The van der Waals surface area contributed by atoms with E-state index in [-0.39, 0.29) is 28.3 Å². The van der Waals surface area contributed by atoms with Gasteiger partial charge in [-0.05, 0) is 42.5 Å². The first-order valence-electron chi connectivity index (χ1n) is 12.0. The van der Waals surface area contributed by atoms with Crippen molar-refractivity contribution in [3.8, 4) is 0 Å². The van der Waals surface area contributed by atoms with Crippen molar-refractivity contribution in [2.24, 2.45) is 5.41 Å². The molecule has 0 aliphatic heterocycles. The van der Waals surface area contributed by atoms with Crippen LogP contribution in [0.3, 0.4) is 0 Å². The summed E-state index contributed by atoms with van der Waals surface area (Å²) in [5, 5.41) is 5.89. The SMILES string of the molecule is CSCCNC(=O)CCNC(=O)[C@H](O[Si](C)(C)C(C)(C)C)C(C)(C)CO[Si](C)(C)C(C)(C)C. The minimum atomic E-state index is -2.22. The fourth-order valence-corrected chi connectivity index (χ4v) is 5.31. The molecule has 0 saturated carbocycles. The number of rotatable bonds is 13. The monoisotopic (exact) mass is 520 g/mol. The molecule has 0 spiro atoms. The highest BCUT2D eigenvalue weighted by Crippen LogP contribution is 2.41. The van der Waals surface area contributed by atoms with E-state index in [0.717, 1.165) is 5.75 Å². The molecule has 0 aliphatic rings. The fourth-order valence-electron chi connectivity index (χ4n) is 2.47. The largest absolute Gasteiger partial charge is 0.416 e. The van der Waals surface area contributed by atoms with E-state index in [9.17, 15) is 9.59 Å². The number of carbonyl (C=O) groups excluding carboxylic acids is 2. The molecule has 0 saturated heterocycles. The third-order valence-electron chi connectivity index (χ3n) is 7.06. The highest BCUT2D eigenvalue weighted by molar-refractivity contribution is 7.98. The molecule has 0 bridgehead atoms. The minimum absolute atomic E-state index is 0.0287. The van der Waals surface area contributed by atoms with Gasteiger partial charge in [0.15, 0.2) is 16.6 Å². The Morgan fingerprint density at radius 2 is 1.36 bits per heavy atom. The lowest BCUT2D eigenvalue weighted by Crippen LogP contribution is -2.56. The van der Waals surface area contributed by atoms with Crippen molar-refractivity contribution in [1.29, 1.82) is 0 Å². The first-order valence-corrected chi connectivity index (χ1v) is 19.2. The van der Waals surface area contributed by atoms with Gasteiger partial charge in [0.05, 0.1) is 0 Å². The molecule has 0 fully saturated rings. The van der Waals surface area contributed by atoms with Crippen molar-refractivity contribution in [2.75, 3.05) is 31.7 Å². The Labute approximate surface area is 210 Å². The molecule has 0 aliphatic carbocycles. The van der Waals surface area contributed by atoms with Gasteiger partial charge < -0.3 is 19.5 Å². The van der Waals surface area contributed by atoms with Crippen molar-refractivity contribution in [2.45, 2.75) is 104 Å². The van der Waals surface area contributed by atoms with E-state index in [2.05, 4.69) is 78.4 Å². The van der Waals surface area contributed by atoms with Crippen LogP contribution >= 0.6 is 11.8 Å². The fraction of sp³-hybridized carbons (Fsp3) is 0.917. The first kappa shape index (κ1) is 32.6. The average Bonchev–Trinajstić information content (AvgIpc) is 2.63. The average molecular weight is 521 g/mol. The Balaban J connectivity index is 5.47. The molecule has 0 aromatic heterocycles. The molecule has 0 aromatic rings. The van der Waals surface area contributed by atoms with Crippen molar-refractivity contribution >= 4 is 40.2 Å². The van der Waals surface area contributed by atoms with Crippen LogP contribution in [0.4, 0.5) is 0 Å². The van der Waals surface area contributed by atoms with Gasteiger partial charge in [-0.15, -0.1) is 0 Å². The van der Waals surface area contributed by atoms with E-state index in [1.807, 2.05) is 20.1 Å². The third kappa shape index (κ3) is 10.8. The van der Waals surface area contributed by atoms with Crippen LogP contribution in [0.25, 0.3) is 0 Å². The predicted molar refractivity (Wildman–Crippen MR) is 148 cm³/mol. The topological polar surface area (TPSA) is 76.7 Å². The van der Waals surface area contributed by atoms with Gasteiger partial charge >= 0.3 is 0 Å². The minimum Gasteiger partial charge on any atom is -0.416 e. The number of carbonyl (C=O) groups is 2. The van der Waals surface area contributed by atoms with Gasteiger partial charge in [-0.25, -0.2) is 0 Å². The van der Waals surface area contributed by atoms with Gasteiger partial charge in [0.25, 0.3) is 0 Å². The molecule has 0 unspecified atom stereocenters. The van der Waals surface area contributed by atoms with Crippen LogP contribution in [0.5, 0.6) is 0 Å². The third-order valence-corrected chi connectivity index (χ3v) is 16.6. The summed E-state index contributed by atoms with van der Waals surface area (Å²) >= 11 is 1.69. The van der Waals surface area contributed by atoms with Gasteiger partial charge in [0, 0.05) is 37.3 Å². The van der Waals surface area contributed by atoms with Crippen LogP contribution < -0.4 is 10.6 Å². The highest BCUT2D eigenvalue weighted by Gasteiger charge is 2.47. The van der Waals surface area contributed by atoms with Crippen molar-refractivity contribution < 1.29 is 18.4 Å². The van der Waals surface area contributed by atoms with Gasteiger partial charge in [0.1, 0.15) is 6.10 Å². The van der Waals surface area contributed by atoms with Crippen molar-refractivity contribution in [3.05, 3.63) is 0 Å². The lowest BCUT2D eigenvalue weighted by atomic mass is 9.87. The summed E-state index contributed by atoms with van der Waals surface area (Å²) in [6.45, 7) is 27.4. The molecule has 2 N–H and O–H groups in total. The number of nitrogens with one attached hydrogen (secondary N) is 2. The molecule has 2 amide bonds. The molecule has 0 aromatic carbocycles. The van der Waals surface area contributed by atoms with Gasteiger partial charge in [-0.2, -0.15) is 11.8 Å². The summed E-state index contributed by atoms with van der Waals surface area (Å²) in [7, 11) is -4.20. The van der Waals surface area contributed by atoms with Gasteiger partial charge in [-0.1, -0.05) is 55.4 Å². The van der Waals surface area contributed by atoms with E-state index in [1.165, 1.54) is 0 Å². The normalized spacial score (nSPS) is 14.7. The Hall–Kier alpha value is -0.356. The van der Waals surface area contributed by atoms with Gasteiger partial charge in [0.2, 0.25) is 11.8 Å². The van der Waals surface area contributed by atoms with Crippen molar-refractivity contribution in [3.63, 3.8) is 0 Å². The number of hydrogen-bond donors (Lipinski definition) is 2. The number of hydrogen-bond acceptors (Lipinski definition) is 5. The quantitative estimate of drug-likeness (QED) is 0.251. The van der Waals surface area contributed by atoms with Crippen molar-refractivity contribution in [1.82, 2.24) is 10.6 Å². The van der Waals surface area contributed by atoms with Crippen LogP contribution in [0.2, 0.25) is 36.3 Å². The highest BCUT2D eigenvalue weighted by atomic mass is 32.2. The molecule has 0 heterocycles. The molecule has 196 valence electrons. The predicted octanol–water partition coefficient (Wildman–Crippen LogP) is 5.41. The van der Waals surface area contributed by atoms with E-state index in [1.54, 1.807) is 11.8 Å². The number of amides is 2. The Morgan fingerprint density at radius 1 is 0.848 bits per heavy atom. The standard InChI is InChI=1S/C24H52N2O4SSi2/c1-22(2,3)32(10,11)29-18-24(7,8)20(30-33(12,13)23(4,5)6)21(28)26-15-14-19(27)25-16-17-31-9/h20H,14-18H2,1-13H3,(H,25,27)(H,26,28)/t20-/m0/s1. The summed E-state index contributed by atoms with van der Waals surface area (Å²) in [4.78, 5) is 25.4. The summed E-state index contributed by atoms with van der Waals surface area (Å²) in [6.07, 6.45) is 1.61. The smallest absolute Gasteiger partial charge is 0.248 e. The zero-order valence-corrected chi connectivity index (χ0v) is 26.5. The molecular weight excluding hydrogens is 469 g/mol. The Bertz CT molecular complexity index is 641. The van der Waals surface area contributed by atoms with E-state index in [0.29, 0.717) is 19.7 Å². The van der Waals surface area contributed by atoms with Gasteiger partial charge in [-0.3, -0.25) is 9.59 Å². The lowest BCUT2D eigenvalue weighted by molar-refractivity contribution is -0.135. The van der Waals surface area contributed by atoms with Crippen LogP contribution in [0.15, 0.2) is 0 Å². The molecule has 6 nitrogen and oxygen atoms in total. The van der Waals surface area contributed by atoms with Crippen LogP contribution in [0, 0.1) is 5.41 Å². The zero-order chi connectivity index (χ0) is 26.3. The summed E-state index contributed by atoms with van der Waals surface area (Å²) in [5.41, 5.74) is -0.518. The van der Waals surface area contributed by atoms with Crippen LogP contribution in [0.1, 0.15) is 61.8 Å². The maximum atomic E-state index is 13.4. The first-order chi connectivity index (χ1) is 14.7. The van der Waals surface area contributed by atoms with Crippen LogP contribution in [-0.4, -0.2) is 66.3 Å². The molecule has 33 heavy (non-hydrogen) atoms. The molecular formula is C24H52N2O4SSi2. The Kier molecular flexibility index (Phi) is 12.4. The number of thioether (sulfide) groups is 1. The molecule has 1 atom stereocenters. The summed E-state index contributed by atoms with van der Waals surface area (Å²) in [6, 6.07) is 0. The Morgan fingerprint density at radius 3 is 1.82 bits per heavy atom. The van der Waals surface area contributed by atoms with Crippen LogP contribution in [-0.2, 0) is 18.4 Å². The van der Waals surface area contributed by atoms with E-state index < -0.39 is 28.2 Å². The van der Waals surface area contributed by atoms with E-state index >= 15 is 0 Å². The molecule has 0 radical (unpaired) electrons. The van der Waals surface area contributed by atoms with E-state index in [4.69, 9.17) is 8.85 Å². The summed E-state index contributed by atoms with van der Waals surface area (Å²) < 4.78 is 13.2. The molecule has 9 heteroatoms. The molecule has 0 rings (SSSR count). The zero-order valence-electron chi connectivity index (χ0n) is 23.7. The summed E-state index contributed by atoms with van der Waals surface area (Å²) in [5.74, 6) is 0.662. The second kappa shape index (κ2) is 12.6.